The van der Waals surface area contributed by atoms with Gasteiger partial charge >= 0.3 is 11.9 Å². The van der Waals surface area contributed by atoms with Crippen LogP contribution in [0, 0.1) is 17.8 Å². The fraction of sp³-hybridized carbons (Fsp3) is 0.556. The summed E-state index contributed by atoms with van der Waals surface area (Å²) in [4.78, 5) is 22.1. The van der Waals surface area contributed by atoms with Gasteiger partial charge in [0, 0.05) is 0 Å². The van der Waals surface area contributed by atoms with E-state index in [4.69, 9.17) is 5.11 Å². The highest BCUT2D eigenvalue weighted by Gasteiger charge is 2.37. The van der Waals surface area contributed by atoms with Gasteiger partial charge in [0.2, 0.25) is 0 Å². The summed E-state index contributed by atoms with van der Waals surface area (Å²) >= 11 is 0. The molecule has 2 unspecified atom stereocenters. The second-order valence-corrected chi connectivity index (χ2v) is 6.94. The first kappa shape index (κ1) is 16.0. The van der Waals surface area contributed by atoms with E-state index in [1.54, 1.807) is 12.1 Å². The number of aromatic carboxylic acids is 1. The number of benzene rings is 1. The molecule has 1 aromatic carbocycles. The van der Waals surface area contributed by atoms with E-state index in [2.05, 4.69) is 5.32 Å². The highest BCUT2D eigenvalue weighted by atomic mass is 16.4. The van der Waals surface area contributed by atoms with Crippen LogP contribution in [0.15, 0.2) is 24.3 Å². The lowest BCUT2D eigenvalue weighted by molar-refractivity contribution is -0.141. The molecule has 124 valence electrons. The monoisotopic (exact) mass is 317 g/mol. The van der Waals surface area contributed by atoms with Crippen LogP contribution >= 0.6 is 0 Å². The van der Waals surface area contributed by atoms with Gasteiger partial charge in [0.15, 0.2) is 0 Å². The molecule has 0 aromatic heterocycles. The molecule has 1 heterocycles. The van der Waals surface area contributed by atoms with Gasteiger partial charge in [-0.15, -0.1) is 0 Å². The summed E-state index contributed by atoms with van der Waals surface area (Å²) in [5.41, 5.74) is 1.49. The molecule has 3 N–H and O–H groups in total. The minimum Gasteiger partial charge on any atom is -0.480 e. The summed E-state index contributed by atoms with van der Waals surface area (Å²) < 4.78 is 0. The molecular formula is C18H23NO4. The Morgan fingerprint density at radius 1 is 1.04 bits per heavy atom. The largest absolute Gasteiger partial charge is 0.480 e. The number of nitrogens with one attached hydrogen (secondary N) is 1. The van der Waals surface area contributed by atoms with E-state index < -0.39 is 18.0 Å². The summed E-state index contributed by atoms with van der Waals surface area (Å²) in [7, 11) is 0. The van der Waals surface area contributed by atoms with Gasteiger partial charge in [0.1, 0.15) is 6.04 Å². The summed E-state index contributed by atoms with van der Waals surface area (Å²) in [5.74, 6) is 0.0337. The number of carboxylic acids is 2. The van der Waals surface area contributed by atoms with E-state index in [-0.39, 0.29) is 0 Å². The Morgan fingerprint density at radius 2 is 1.78 bits per heavy atom. The van der Waals surface area contributed by atoms with Crippen LogP contribution in [0.25, 0.3) is 0 Å². The van der Waals surface area contributed by atoms with Crippen LogP contribution < -0.4 is 5.32 Å². The average Bonchev–Trinajstić information content (AvgIpc) is 2.54. The lowest BCUT2D eigenvalue weighted by Gasteiger charge is -2.41. The molecule has 0 bridgehead atoms. The molecule has 1 saturated carbocycles. The maximum Gasteiger partial charge on any atom is 0.335 e. The number of carbonyl (C=O) groups is 2. The molecule has 5 nitrogen and oxygen atoms in total. The molecule has 0 spiro atoms. The van der Waals surface area contributed by atoms with Crippen molar-refractivity contribution in [3.8, 4) is 0 Å². The van der Waals surface area contributed by atoms with Gasteiger partial charge in [-0.2, -0.15) is 0 Å². The van der Waals surface area contributed by atoms with Crippen molar-refractivity contribution in [1.82, 2.24) is 5.32 Å². The first-order valence-corrected chi connectivity index (χ1v) is 8.31. The van der Waals surface area contributed by atoms with Crippen LogP contribution in [0.1, 0.15) is 41.6 Å². The Kier molecular flexibility index (Phi) is 4.66. The molecular weight excluding hydrogens is 294 g/mol. The summed E-state index contributed by atoms with van der Waals surface area (Å²) in [6.45, 7) is 0.821. The van der Waals surface area contributed by atoms with Gasteiger partial charge in [-0.25, -0.2) is 4.79 Å². The first-order valence-electron chi connectivity index (χ1n) is 8.31. The number of hydrogen-bond acceptors (Lipinski definition) is 3. The van der Waals surface area contributed by atoms with Crippen LogP contribution in [0.5, 0.6) is 0 Å². The molecule has 0 radical (unpaired) electrons. The van der Waals surface area contributed by atoms with Crippen molar-refractivity contribution in [1.29, 1.82) is 0 Å². The Hall–Kier alpha value is -1.88. The predicted molar refractivity (Wildman–Crippen MR) is 85.5 cm³/mol. The molecule has 4 atom stereocenters. The lowest BCUT2D eigenvalue weighted by Crippen LogP contribution is -2.49. The fourth-order valence-electron chi connectivity index (χ4n) is 4.15. The highest BCUT2D eigenvalue weighted by molar-refractivity contribution is 5.87. The van der Waals surface area contributed by atoms with Crippen molar-refractivity contribution in [2.24, 2.45) is 17.8 Å². The normalized spacial score (nSPS) is 30.4. The summed E-state index contributed by atoms with van der Waals surface area (Å²) in [5, 5.41) is 21.3. The fourth-order valence-corrected chi connectivity index (χ4v) is 4.15. The third kappa shape index (κ3) is 3.72. The molecule has 1 saturated heterocycles. The van der Waals surface area contributed by atoms with E-state index in [1.165, 1.54) is 12.0 Å². The van der Waals surface area contributed by atoms with E-state index in [1.807, 2.05) is 12.1 Å². The van der Waals surface area contributed by atoms with Gasteiger partial charge in [-0.05, 0) is 74.1 Å². The number of aliphatic carboxylic acids is 1. The van der Waals surface area contributed by atoms with Gasteiger partial charge < -0.3 is 15.5 Å². The number of carboxylic acid groups (broad SMARTS) is 2. The molecule has 23 heavy (non-hydrogen) atoms. The second kappa shape index (κ2) is 6.71. The van der Waals surface area contributed by atoms with E-state index >= 15 is 0 Å². The molecule has 2 aliphatic rings. The van der Waals surface area contributed by atoms with Crippen molar-refractivity contribution >= 4 is 11.9 Å². The molecule has 1 aromatic rings. The van der Waals surface area contributed by atoms with E-state index in [0.717, 1.165) is 32.2 Å². The Balaban J connectivity index is 1.59. The zero-order valence-electron chi connectivity index (χ0n) is 13.1. The summed E-state index contributed by atoms with van der Waals surface area (Å²) in [6.07, 6.45) is 5.09. The van der Waals surface area contributed by atoms with Crippen LogP contribution in [-0.4, -0.2) is 34.7 Å². The Morgan fingerprint density at radius 3 is 2.43 bits per heavy atom. The van der Waals surface area contributed by atoms with Gasteiger partial charge in [-0.1, -0.05) is 12.1 Å². The van der Waals surface area contributed by atoms with Gasteiger partial charge in [-0.3, -0.25) is 4.79 Å². The second-order valence-electron chi connectivity index (χ2n) is 6.94. The number of hydrogen-bond donors (Lipinski definition) is 3. The summed E-state index contributed by atoms with van der Waals surface area (Å²) in [6, 6.07) is 6.73. The zero-order valence-corrected chi connectivity index (χ0v) is 13.1. The maximum absolute atomic E-state index is 11.2. The third-order valence-electron chi connectivity index (χ3n) is 5.44. The van der Waals surface area contributed by atoms with Crippen molar-refractivity contribution in [3.63, 3.8) is 0 Å². The molecule has 0 amide bonds. The predicted octanol–water partition coefficient (Wildman–Crippen LogP) is 2.41. The van der Waals surface area contributed by atoms with Crippen molar-refractivity contribution < 1.29 is 19.8 Å². The molecule has 3 rings (SSSR count). The zero-order chi connectivity index (χ0) is 16.4. The topological polar surface area (TPSA) is 86.6 Å². The third-order valence-corrected chi connectivity index (χ3v) is 5.44. The average molecular weight is 317 g/mol. The standard InChI is InChI=1S/C18H23NO4/c20-17(21)13-4-1-11(2-5-13)7-12-3-6-14-10-19-16(18(22)23)9-15(14)8-12/h1-2,4-5,12,14-16,19H,3,6-10H2,(H,20,21)(H,22,23)/t12-,14+,15?,16?/m1/s1. The minimum atomic E-state index is -0.897. The van der Waals surface area contributed by atoms with Crippen LogP contribution in [-0.2, 0) is 11.2 Å². The molecule has 5 heteroatoms. The van der Waals surface area contributed by atoms with Gasteiger partial charge in [0.05, 0.1) is 5.56 Å². The Labute approximate surface area is 135 Å². The first-order chi connectivity index (χ1) is 11.0. The van der Waals surface area contributed by atoms with Crippen molar-refractivity contribution in [2.45, 2.75) is 38.1 Å². The van der Waals surface area contributed by atoms with Crippen molar-refractivity contribution in [3.05, 3.63) is 35.4 Å². The number of rotatable bonds is 4. The minimum absolute atomic E-state index is 0.320. The van der Waals surface area contributed by atoms with Crippen LogP contribution in [0.3, 0.4) is 0 Å². The quantitative estimate of drug-likeness (QED) is 0.794. The van der Waals surface area contributed by atoms with Crippen LogP contribution in [0.2, 0.25) is 0 Å². The van der Waals surface area contributed by atoms with E-state index in [9.17, 15) is 14.7 Å². The smallest absolute Gasteiger partial charge is 0.335 e. The van der Waals surface area contributed by atoms with Gasteiger partial charge in [0.25, 0.3) is 0 Å². The van der Waals surface area contributed by atoms with E-state index in [0.29, 0.717) is 23.3 Å². The highest BCUT2D eigenvalue weighted by Crippen LogP contribution is 2.39. The van der Waals surface area contributed by atoms with Crippen LogP contribution in [0.4, 0.5) is 0 Å². The SMILES string of the molecule is O=C(O)c1ccc(C[C@H]2CC[C@H]3CNC(C(=O)O)CC3C2)cc1. The lowest BCUT2D eigenvalue weighted by atomic mass is 9.68. The molecule has 1 aliphatic heterocycles. The van der Waals surface area contributed by atoms with Crippen molar-refractivity contribution in [2.75, 3.05) is 6.54 Å². The number of fused-ring (bicyclic) bond motifs is 1. The maximum atomic E-state index is 11.2. The molecule has 1 aliphatic carbocycles. The number of piperidine rings is 1. The molecule has 2 fully saturated rings. The Bertz CT molecular complexity index is 583.